The van der Waals surface area contributed by atoms with Gasteiger partial charge in [-0.2, -0.15) is 0 Å². The molecule has 2 aromatic carbocycles. The fraction of sp³-hybridized carbons (Fsp3) is 0.458. The highest BCUT2D eigenvalue weighted by Gasteiger charge is 2.23. The number of hydrogen-bond donors (Lipinski definition) is 1. The average Bonchev–Trinajstić information content (AvgIpc) is 2.75. The van der Waals surface area contributed by atoms with Gasteiger partial charge in [-0.05, 0) is 6.42 Å². The lowest BCUT2D eigenvalue weighted by Crippen LogP contribution is -2.05. The largest absolute Gasteiger partial charge is 0.507 e. The highest BCUT2D eigenvalue weighted by Crippen LogP contribution is 2.35. The number of aromatic hydroxyl groups is 1. The topological polar surface area (TPSA) is 89.7 Å². The first kappa shape index (κ1) is 23.4. The molecule has 0 unspecified atom stereocenters. The second-order valence-electron chi connectivity index (χ2n) is 7.47. The first-order valence-electron chi connectivity index (χ1n) is 10.8. The predicted octanol–water partition coefficient (Wildman–Crippen LogP) is 6.44. The number of unbranched alkanes of at least 4 members (excludes halogenated alkanes) is 8. The molecule has 0 aliphatic carbocycles. The van der Waals surface area contributed by atoms with Crippen molar-refractivity contribution in [3.8, 4) is 11.5 Å². The van der Waals surface area contributed by atoms with Gasteiger partial charge in [0.15, 0.2) is 5.78 Å². The Morgan fingerprint density at radius 2 is 1.57 bits per heavy atom. The first-order chi connectivity index (χ1) is 14.5. The van der Waals surface area contributed by atoms with Crippen molar-refractivity contribution >= 4 is 11.5 Å². The molecule has 0 aliphatic rings. The molecule has 0 heterocycles. The maximum atomic E-state index is 12.6. The minimum Gasteiger partial charge on any atom is -0.507 e. The summed E-state index contributed by atoms with van der Waals surface area (Å²) >= 11 is 0. The molecule has 6 heteroatoms. The number of nitro benzene ring substituents is 1. The van der Waals surface area contributed by atoms with Gasteiger partial charge >= 0.3 is 5.69 Å². The second-order valence-corrected chi connectivity index (χ2v) is 7.47. The first-order valence-corrected chi connectivity index (χ1v) is 10.8. The summed E-state index contributed by atoms with van der Waals surface area (Å²) in [6, 6.07) is 10.6. The number of phenols is 1. The molecular formula is C24H31NO5. The zero-order chi connectivity index (χ0) is 21.8. The quantitative estimate of drug-likeness (QED) is 0.166. The van der Waals surface area contributed by atoms with Gasteiger partial charge in [-0.1, -0.05) is 88.6 Å². The van der Waals surface area contributed by atoms with E-state index in [2.05, 4.69) is 6.92 Å². The van der Waals surface area contributed by atoms with Gasteiger partial charge in [0.2, 0.25) is 5.75 Å². The number of rotatable bonds is 14. The van der Waals surface area contributed by atoms with E-state index in [1.807, 2.05) is 0 Å². The Balaban J connectivity index is 1.90. The Labute approximate surface area is 178 Å². The Hall–Kier alpha value is -2.89. The van der Waals surface area contributed by atoms with Crippen molar-refractivity contribution in [2.24, 2.45) is 0 Å². The summed E-state index contributed by atoms with van der Waals surface area (Å²) in [7, 11) is 0. The molecular weight excluding hydrogens is 382 g/mol. The molecule has 0 saturated carbocycles. The molecule has 0 bridgehead atoms. The molecule has 0 spiro atoms. The van der Waals surface area contributed by atoms with Gasteiger partial charge in [0.25, 0.3) is 0 Å². The van der Waals surface area contributed by atoms with Crippen molar-refractivity contribution in [3.05, 3.63) is 63.7 Å². The van der Waals surface area contributed by atoms with E-state index in [1.54, 1.807) is 30.3 Å². The summed E-state index contributed by atoms with van der Waals surface area (Å²) in [5.41, 5.74) is -0.0724. The van der Waals surface area contributed by atoms with E-state index in [9.17, 15) is 20.0 Å². The summed E-state index contributed by atoms with van der Waals surface area (Å²) in [6.45, 7) is 2.54. The number of carbonyl (C=O) groups excluding carboxylic acids is 1. The van der Waals surface area contributed by atoms with Crippen LogP contribution in [-0.2, 0) is 0 Å². The van der Waals surface area contributed by atoms with E-state index in [-0.39, 0.29) is 22.7 Å². The summed E-state index contributed by atoms with van der Waals surface area (Å²) in [5, 5.41) is 21.7. The van der Waals surface area contributed by atoms with Crippen LogP contribution in [-0.4, -0.2) is 22.4 Å². The van der Waals surface area contributed by atoms with E-state index >= 15 is 0 Å². The van der Waals surface area contributed by atoms with E-state index in [1.165, 1.54) is 44.6 Å². The minimum absolute atomic E-state index is 0.0123. The fourth-order valence-corrected chi connectivity index (χ4v) is 3.34. The number of carbonyl (C=O) groups is 1. The van der Waals surface area contributed by atoms with Crippen molar-refractivity contribution in [1.29, 1.82) is 0 Å². The molecule has 0 amide bonds. The number of hydrogen-bond acceptors (Lipinski definition) is 5. The number of nitro groups is 1. The average molecular weight is 414 g/mol. The Kier molecular flexibility index (Phi) is 9.84. The van der Waals surface area contributed by atoms with Crippen LogP contribution in [0.3, 0.4) is 0 Å². The van der Waals surface area contributed by atoms with Crippen LogP contribution in [0.4, 0.5) is 5.69 Å². The van der Waals surface area contributed by atoms with Gasteiger partial charge in [0.1, 0.15) is 5.75 Å². The summed E-state index contributed by atoms with van der Waals surface area (Å²) < 4.78 is 5.57. The van der Waals surface area contributed by atoms with E-state index in [4.69, 9.17) is 4.74 Å². The highest BCUT2D eigenvalue weighted by atomic mass is 16.6. The zero-order valence-corrected chi connectivity index (χ0v) is 17.6. The van der Waals surface area contributed by atoms with E-state index < -0.39 is 10.7 Å². The molecule has 0 saturated heterocycles. The fourth-order valence-electron chi connectivity index (χ4n) is 3.34. The Morgan fingerprint density at radius 1 is 0.967 bits per heavy atom. The van der Waals surface area contributed by atoms with Gasteiger partial charge in [0, 0.05) is 17.7 Å². The maximum absolute atomic E-state index is 12.6. The van der Waals surface area contributed by atoms with Crippen molar-refractivity contribution < 1.29 is 19.6 Å². The van der Waals surface area contributed by atoms with E-state index in [0.29, 0.717) is 12.2 Å². The lowest BCUT2D eigenvalue weighted by molar-refractivity contribution is -0.385. The number of ketones is 1. The van der Waals surface area contributed by atoms with Crippen LogP contribution in [0.2, 0.25) is 0 Å². The molecule has 2 aromatic rings. The third-order valence-electron chi connectivity index (χ3n) is 5.06. The maximum Gasteiger partial charge on any atom is 0.311 e. The van der Waals surface area contributed by atoms with Crippen molar-refractivity contribution in [3.63, 3.8) is 0 Å². The minimum atomic E-state index is -0.590. The molecule has 162 valence electrons. The number of benzene rings is 2. The predicted molar refractivity (Wildman–Crippen MR) is 117 cm³/mol. The monoisotopic (exact) mass is 413 g/mol. The third-order valence-corrected chi connectivity index (χ3v) is 5.06. The number of nitrogens with zero attached hydrogens (tertiary/aromatic N) is 1. The third kappa shape index (κ3) is 7.17. The van der Waals surface area contributed by atoms with Crippen LogP contribution in [0, 0.1) is 10.1 Å². The van der Waals surface area contributed by atoms with Crippen LogP contribution >= 0.6 is 0 Å². The molecule has 0 aromatic heterocycles. The molecule has 1 N–H and O–H groups in total. The number of ether oxygens (including phenoxy) is 1. The SMILES string of the molecule is CCCCCCCCCCCOc1cc(O)c(C(=O)c2ccccc2)cc1[N+](=O)[O-]. The molecule has 6 nitrogen and oxygen atoms in total. The molecule has 2 rings (SSSR count). The molecule has 0 fully saturated rings. The van der Waals surface area contributed by atoms with Gasteiger partial charge in [0.05, 0.1) is 17.1 Å². The van der Waals surface area contributed by atoms with Gasteiger partial charge in [-0.15, -0.1) is 0 Å². The van der Waals surface area contributed by atoms with Gasteiger partial charge in [-0.25, -0.2) is 0 Å². The standard InChI is InChI=1S/C24H31NO5/c1-2-3-4-5-6-7-8-9-13-16-30-23-18-22(26)20(17-21(23)25(28)29)24(27)19-14-11-10-12-15-19/h10-12,14-15,17-18,26H,2-9,13,16H2,1H3. The zero-order valence-electron chi connectivity index (χ0n) is 17.6. The molecule has 30 heavy (non-hydrogen) atoms. The van der Waals surface area contributed by atoms with Crippen LogP contribution in [0.25, 0.3) is 0 Å². The Morgan fingerprint density at radius 3 is 2.17 bits per heavy atom. The van der Waals surface area contributed by atoms with Gasteiger partial charge in [-0.3, -0.25) is 14.9 Å². The highest BCUT2D eigenvalue weighted by molar-refractivity contribution is 6.11. The van der Waals surface area contributed by atoms with Crippen molar-refractivity contribution in [1.82, 2.24) is 0 Å². The second kappa shape index (κ2) is 12.6. The van der Waals surface area contributed by atoms with Gasteiger partial charge < -0.3 is 9.84 Å². The summed E-state index contributed by atoms with van der Waals surface area (Å²) in [6.07, 6.45) is 10.5. The number of phenolic OH excluding ortho intramolecular Hbond substituents is 1. The molecule has 0 atom stereocenters. The smallest absolute Gasteiger partial charge is 0.311 e. The Bertz CT molecular complexity index is 820. The normalized spacial score (nSPS) is 10.7. The van der Waals surface area contributed by atoms with Crippen LogP contribution in [0.5, 0.6) is 11.5 Å². The summed E-state index contributed by atoms with van der Waals surface area (Å²) in [4.78, 5) is 23.4. The lowest BCUT2D eigenvalue weighted by Gasteiger charge is -2.10. The van der Waals surface area contributed by atoms with Crippen LogP contribution in [0.15, 0.2) is 42.5 Å². The molecule has 0 aliphatic heterocycles. The molecule has 0 radical (unpaired) electrons. The van der Waals surface area contributed by atoms with Crippen molar-refractivity contribution in [2.75, 3.05) is 6.61 Å². The van der Waals surface area contributed by atoms with Crippen LogP contribution < -0.4 is 4.74 Å². The van der Waals surface area contributed by atoms with Crippen molar-refractivity contribution in [2.45, 2.75) is 64.7 Å². The summed E-state index contributed by atoms with van der Waals surface area (Å²) in [5.74, 6) is -0.806. The van der Waals surface area contributed by atoms with E-state index in [0.717, 1.165) is 25.3 Å². The van der Waals surface area contributed by atoms with Crippen LogP contribution in [0.1, 0.15) is 80.6 Å². The lowest BCUT2D eigenvalue weighted by atomic mass is 10.0.